The van der Waals surface area contributed by atoms with Crippen LogP contribution in [0.2, 0.25) is 0 Å². The van der Waals surface area contributed by atoms with E-state index in [-0.39, 0.29) is 0 Å². The summed E-state index contributed by atoms with van der Waals surface area (Å²) < 4.78 is 5.25. The van der Waals surface area contributed by atoms with Crippen molar-refractivity contribution < 1.29 is 9.84 Å². The molecule has 1 aromatic carbocycles. The number of aryl methyl sites for hydroxylation is 1. The van der Waals surface area contributed by atoms with Crippen LogP contribution in [0.3, 0.4) is 0 Å². The molecule has 2 heterocycles. The quantitative estimate of drug-likeness (QED) is 0.870. The van der Waals surface area contributed by atoms with Crippen LogP contribution in [0.4, 0.5) is 5.69 Å². The summed E-state index contributed by atoms with van der Waals surface area (Å²) in [5, 5.41) is 13.6. The molecule has 1 aromatic rings. The Labute approximate surface area is 120 Å². The number of nitrogens with zero attached hydrogens (tertiary/aromatic N) is 1. The Kier molecular flexibility index (Phi) is 3.96. The highest BCUT2D eigenvalue weighted by atomic mass is 16.5. The van der Waals surface area contributed by atoms with Gasteiger partial charge in [0.05, 0.1) is 6.61 Å². The molecular formula is C16H24N2O2. The molecule has 0 radical (unpaired) electrons. The third-order valence-electron chi connectivity index (χ3n) is 4.36. The van der Waals surface area contributed by atoms with E-state index in [1.165, 1.54) is 29.7 Å². The van der Waals surface area contributed by atoms with Gasteiger partial charge in [-0.2, -0.15) is 0 Å². The summed E-state index contributed by atoms with van der Waals surface area (Å²) in [7, 11) is 2.16. The smallest absolute Gasteiger partial charge is 0.102 e. The second kappa shape index (κ2) is 5.72. The molecule has 1 fully saturated rings. The Balaban J connectivity index is 1.58. The molecule has 0 aromatic heterocycles. The first-order chi connectivity index (χ1) is 9.66. The maximum Gasteiger partial charge on any atom is 0.102 e. The number of nitrogens with one attached hydrogen (secondary N) is 1. The van der Waals surface area contributed by atoms with Gasteiger partial charge in [0.15, 0.2) is 0 Å². The van der Waals surface area contributed by atoms with Crippen LogP contribution in [0.1, 0.15) is 24.0 Å². The van der Waals surface area contributed by atoms with Crippen LogP contribution in [0.15, 0.2) is 18.2 Å². The van der Waals surface area contributed by atoms with E-state index < -0.39 is 5.60 Å². The van der Waals surface area contributed by atoms with Gasteiger partial charge >= 0.3 is 0 Å². The van der Waals surface area contributed by atoms with Gasteiger partial charge in [0.1, 0.15) is 5.60 Å². The lowest BCUT2D eigenvalue weighted by Gasteiger charge is -2.28. The lowest BCUT2D eigenvalue weighted by Crippen LogP contribution is -2.40. The molecule has 2 N–H and O–H groups in total. The molecule has 3 rings (SSSR count). The van der Waals surface area contributed by atoms with E-state index in [0.29, 0.717) is 19.8 Å². The molecule has 4 nitrogen and oxygen atoms in total. The standard InChI is InChI=1S/C16H24N2O2/c1-18-7-2-3-14-9-13(4-5-15(14)18)10-17-11-16(19)6-8-20-12-16/h4-5,9,17,19H,2-3,6-8,10-12H2,1H3. The Morgan fingerprint density at radius 1 is 1.45 bits per heavy atom. The number of hydrogen-bond donors (Lipinski definition) is 2. The van der Waals surface area contributed by atoms with Crippen molar-refractivity contribution >= 4 is 5.69 Å². The van der Waals surface area contributed by atoms with Crippen molar-refractivity contribution in [2.45, 2.75) is 31.4 Å². The van der Waals surface area contributed by atoms with Gasteiger partial charge in [0.2, 0.25) is 0 Å². The molecule has 0 bridgehead atoms. The van der Waals surface area contributed by atoms with Crippen molar-refractivity contribution in [3.8, 4) is 0 Å². The topological polar surface area (TPSA) is 44.7 Å². The molecule has 110 valence electrons. The van der Waals surface area contributed by atoms with E-state index in [1.54, 1.807) is 0 Å². The first-order valence-electron chi connectivity index (χ1n) is 7.50. The molecule has 0 spiro atoms. The van der Waals surface area contributed by atoms with Crippen LogP contribution < -0.4 is 10.2 Å². The zero-order valence-corrected chi connectivity index (χ0v) is 12.2. The van der Waals surface area contributed by atoms with Crippen LogP contribution in [0, 0.1) is 0 Å². The van der Waals surface area contributed by atoms with Gasteiger partial charge in [-0.05, 0) is 30.0 Å². The number of benzene rings is 1. The van der Waals surface area contributed by atoms with Gasteiger partial charge in [-0.3, -0.25) is 0 Å². The van der Waals surface area contributed by atoms with E-state index in [1.807, 2.05) is 0 Å². The molecule has 2 aliphatic heterocycles. The highest BCUT2D eigenvalue weighted by Gasteiger charge is 2.31. The average Bonchev–Trinajstić information content (AvgIpc) is 2.86. The van der Waals surface area contributed by atoms with Crippen molar-refractivity contribution in [3.05, 3.63) is 29.3 Å². The number of fused-ring (bicyclic) bond motifs is 1. The molecule has 1 atom stereocenters. The number of hydrogen-bond acceptors (Lipinski definition) is 4. The van der Waals surface area contributed by atoms with E-state index in [0.717, 1.165) is 19.5 Å². The number of ether oxygens (including phenoxy) is 1. The first-order valence-corrected chi connectivity index (χ1v) is 7.50. The molecule has 0 aliphatic carbocycles. The fourth-order valence-electron chi connectivity index (χ4n) is 3.12. The number of aliphatic hydroxyl groups is 1. The highest BCUT2D eigenvalue weighted by Crippen LogP contribution is 2.26. The zero-order chi connectivity index (χ0) is 14.0. The SMILES string of the molecule is CN1CCCc2cc(CNCC3(O)CCOC3)ccc21. The van der Waals surface area contributed by atoms with Gasteiger partial charge in [-0.1, -0.05) is 12.1 Å². The van der Waals surface area contributed by atoms with Crippen molar-refractivity contribution in [1.29, 1.82) is 0 Å². The van der Waals surface area contributed by atoms with Crippen LogP contribution in [-0.4, -0.2) is 44.1 Å². The summed E-state index contributed by atoms with van der Waals surface area (Å²) in [5.41, 5.74) is 3.43. The normalized spacial score (nSPS) is 25.8. The lowest BCUT2D eigenvalue weighted by atomic mass is 9.99. The van der Waals surface area contributed by atoms with Gasteiger partial charge in [0.25, 0.3) is 0 Å². The van der Waals surface area contributed by atoms with Crippen molar-refractivity contribution in [1.82, 2.24) is 5.32 Å². The Morgan fingerprint density at radius 2 is 2.35 bits per heavy atom. The zero-order valence-electron chi connectivity index (χ0n) is 12.2. The van der Waals surface area contributed by atoms with E-state index in [2.05, 4.69) is 35.5 Å². The van der Waals surface area contributed by atoms with E-state index >= 15 is 0 Å². The Hall–Kier alpha value is -1.10. The molecule has 0 amide bonds. The summed E-state index contributed by atoms with van der Waals surface area (Å²) >= 11 is 0. The maximum absolute atomic E-state index is 10.2. The van der Waals surface area contributed by atoms with Crippen LogP contribution in [0.25, 0.3) is 0 Å². The Bertz CT molecular complexity index is 470. The fourth-order valence-corrected chi connectivity index (χ4v) is 3.12. The molecule has 2 aliphatic rings. The number of anilines is 1. The third kappa shape index (κ3) is 2.97. The molecular weight excluding hydrogens is 252 g/mol. The summed E-state index contributed by atoms with van der Waals surface area (Å²) in [6, 6.07) is 6.70. The first kappa shape index (κ1) is 13.9. The second-order valence-electron chi connectivity index (χ2n) is 6.12. The fraction of sp³-hybridized carbons (Fsp3) is 0.625. The molecule has 4 heteroatoms. The van der Waals surface area contributed by atoms with Crippen molar-refractivity contribution in [2.75, 3.05) is 38.3 Å². The van der Waals surface area contributed by atoms with Crippen LogP contribution >= 0.6 is 0 Å². The third-order valence-corrected chi connectivity index (χ3v) is 4.36. The lowest BCUT2D eigenvalue weighted by molar-refractivity contribution is 0.0268. The predicted octanol–water partition coefficient (Wildman–Crippen LogP) is 1.31. The number of rotatable bonds is 4. The van der Waals surface area contributed by atoms with Gasteiger partial charge in [-0.15, -0.1) is 0 Å². The summed E-state index contributed by atoms with van der Waals surface area (Å²) in [4.78, 5) is 2.33. The minimum Gasteiger partial charge on any atom is -0.386 e. The Morgan fingerprint density at radius 3 is 3.15 bits per heavy atom. The van der Waals surface area contributed by atoms with Gasteiger partial charge in [0, 0.05) is 45.4 Å². The van der Waals surface area contributed by atoms with E-state index in [4.69, 9.17) is 4.74 Å². The molecule has 1 saturated heterocycles. The van der Waals surface area contributed by atoms with Crippen molar-refractivity contribution in [2.24, 2.45) is 0 Å². The van der Waals surface area contributed by atoms with Crippen molar-refractivity contribution in [3.63, 3.8) is 0 Å². The highest BCUT2D eigenvalue weighted by molar-refractivity contribution is 5.56. The second-order valence-corrected chi connectivity index (χ2v) is 6.12. The molecule has 20 heavy (non-hydrogen) atoms. The van der Waals surface area contributed by atoms with Gasteiger partial charge in [-0.25, -0.2) is 0 Å². The predicted molar refractivity (Wildman–Crippen MR) is 80.1 cm³/mol. The van der Waals surface area contributed by atoms with Crippen LogP contribution in [0.5, 0.6) is 0 Å². The van der Waals surface area contributed by atoms with Crippen LogP contribution in [-0.2, 0) is 17.7 Å². The monoisotopic (exact) mass is 276 g/mol. The van der Waals surface area contributed by atoms with E-state index in [9.17, 15) is 5.11 Å². The minimum absolute atomic E-state index is 0.453. The minimum atomic E-state index is -0.672. The molecule has 0 saturated carbocycles. The summed E-state index contributed by atoms with van der Waals surface area (Å²) in [5.74, 6) is 0. The maximum atomic E-state index is 10.2. The summed E-state index contributed by atoms with van der Waals surface area (Å²) in [6.07, 6.45) is 3.14. The summed E-state index contributed by atoms with van der Waals surface area (Å²) in [6.45, 7) is 3.68. The average molecular weight is 276 g/mol. The molecule has 1 unspecified atom stereocenters. The van der Waals surface area contributed by atoms with Gasteiger partial charge < -0.3 is 20.1 Å². The largest absolute Gasteiger partial charge is 0.386 e.